The summed E-state index contributed by atoms with van der Waals surface area (Å²) in [6.45, 7) is 7.24. The van der Waals surface area contributed by atoms with Gasteiger partial charge in [0.25, 0.3) is 5.91 Å². The second-order valence-electron chi connectivity index (χ2n) is 6.10. The van der Waals surface area contributed by atoms with Crippen LogP contribution in [0.1, 0.15) is 42.1 Å². The highest BCUT2D eigenvalue weighted by atomic mass is 16.2. The van der Waals surface area contributed by atoms with Crippen LogP contribution in [0.15, 0.2) is 24.3 Å². The molecule has 2 aliphatic rings. The van der Waals surface area contributed by atoms with E-state index < -0.39 is 0 Å². The molecule has 0 aliphatic carbocycles. The molecule has 1 amide bonds. The minimum atomic E-state index is 0.187. The van der Waals surface area contributed by atoms with Crippen molar-refractivity contribution in [2.24, 2.45) is 5.92 Å². The monoisotopic (exact) mass is 258 g/mol. The van der Waals surface area contributed by atoms with E-state index in [1.54, 1.807) is 0 Å². The number of hydrogen-bond acceptors (Lipinski definition) is 2. The van der Waals surface area contributed by atoms with Crippen LogP contribution in [0, 0.1) is 5.92 Å². The molecule has 1 aromatic rings. The van der Waals surface area contributed by atoms with Crippen molar-refractivity contribution in [2.75, 3.05) is 19.6 Å². The van der Waals surface area contributed by atoms with E-state index in [-0.39, 0.29) is 5.91 Å². The molecule has 0 unspecified atom stereocenters. The van der Waals surface area contributed by atoms with Crippen LogP contribution in [0.2, 0.25) is 0 Å². The molecule has 0 saturated carbocycles. The highest BCUT2D eigenvalue weighted by Gasteiger charge is 2.38. The maximum atomic E-state index is 12.5. The van der Waals surface area contributed by atoms with Gasteiger partial charge in [-0.1, -0.05) is 26.0 Å². The average Bonchev–Trinajstić information content (AvgIpc) is 2.98. The molecule has 3 rings (SSSR count). The van der Waals surface area contributed by atoms with E-state index in [1.165, 1.54) is 12.0 Å². The fourth-order valence-electron chi connectivity index (χ4n) is 3.21. The summed E-state index contributed by atoms with van der Waals surface area (Å²) >= 11 is 0. The number of carbonyl (C=O) groups excluding carboxylic acids is 1. The molecule has 2 heterocycles. The first kappa shape index (κ1) is 12.7. The number of hydrogen-bond donors (Lipinski definition) is 1. The molecule has 1 N–H and O–H groups in total. The normalized spacial score (nSPS) is 25.9. The van der Waals surface area contributed by atoms with Crippen molar-refractivity contribution in [3.05, 3.63) is 35.4 Å². The van der Waals surface area contributed by atoms with Gasteiger partial charge < -0.3 is 10.2 Å². The first-order chi connectivity index (χ1) is 9.15. The molecule has 2 fully saturated rings. The zero-order valence-electron chi connectivity index (χ0n) is 11.7. The summed E-state index contributed by atoms with van der Waals surface area (Å²) in [5, 5.41) is 3.49. The van der Waals surface area contributed by atoms with Crippen LogP contribution in [0.3, 0.4) is 0 Å². The average molecular weight is 258 g/mol. The second-order valence-corrected chi connectivity index (χ2v) is 6.10. The third kappa shape index (κ3) is 2.39. The van der Waals surface area contributed by atoms with Gasteiger partial charge in [-0.05, 0) is 42.5 Å². The highest BCUT2D eigenvalue weighted by Crippen LogP contribution is 2.26. The molecular weight excluding hydrogens is 236 g/mol. The number of nitrogens with zero attached hydrogens (tertiary/aromatic N) is 1. The van der Waals surface area contributed by atoms with Crippen LogP contribution in [0.25, 0.3) is 0 Å². The molecule has 2 atom stereocenters. The quantitative estimate of drug-likeness (QED) is 0.882. The molecule has 2 saturated heterocycles. The molecule has 0 spiro atoms. The van der Waals surface area contributed by atoms with Gasteiger partial charge in [0, 0.05) is 24.7 Å². The zero-order chi connectivity index (χ0) is 13.4. The summed E-state index contributed by atoms with van der Waals surface area (Å²) in [6, 6.07) is 8.62. The summed E-state index contributed by atoms with van der Waals surface area (Å²) in [6.07, 6.45) is 1.21. The van der Waals surface area contributed by atoms with Crippen molar-refractivity contribution in [3.63, 3.8) is 0 Å². The van der Waals surface area contributed by atoms with Crippen LogP contribution in [-0.2, 0) is 0 Å². The number of rotatable bonds is 2. The number of carbonyl (C=O) groups is 1. The summed E-state index contributed by atoms with van der Waals surface area (Å²) in [5.74, 6) is 1.37. The number of fused-ring (bicyclic) bond motifs is 1. The van der Waals surface area contributed by atoms with E-state index in [0.717, 1.165) is 25.2 Å². The molecular formula is C16H22N2O. The standard InChI is InChI=1S/C16H22N2O/c1-11(2)12-3-5-13(6-4-12)16(19)18-9-14-7-8-17-15(14)10-18/h3-6,11,14-15,17H,7-10H2,1-2H3/t14-,15+/m0/s1. The van der Waals surface area contributed by atoms with Crippen molar-refractivity contribution in [1.29, 1.82) is 0 Å². The number of likely N-dealkylation sites (tertiary alicyclic amines) is 1. The Labute approximate surface area is 115 Å². The van der Waals surface area contributed by atoms with E-state index in [4.69, 9.17) is 0 Å². The van der Waals surface area contributed by atoms with Crippen molar-refractivity contribution in [1.82, 2.24) is 10.2 Å². The van der Waals surface area contributed by atoms with Gasteiger partial charge in [-0.3, -0.25) is 4.79 Å². The maximum absolute atomic E-state index is 12.5. The lowest BCUT2D eigenvalue weighted by Crippen LogP contribution is -2.33. The Morgan fingerprint density at radius 3 is 2.63 bits per heavy atom. The van der Waals surface area contributed by atoms with Crippen LogP contribution < -0.4 is 5.32 Å². The van der Waals surface area contributed by atoms with Gasteiger partial charge in [-0.2, -0.15) is 0 Å². The van der Waals surface area contributed by atoms with Crippen LogP contribution in [-0.4, -0.2) is 36.5 Å². The summed E-state index contributed by atoms with van der Waals surface area (Å²) < 4.78 is 0. The highest BCUT2D eigenvalue weighted by molar-refractivity contribution is 5.94. The molecule has 3 nitrogen and oxygen atoms in total. The lowest BCUT2D eigenvalue weighted by atomic mass is 10.0. The van der Waals surface area contributed by atoms with E-state index in [0.29, 0.717) is 17.9 Å². The van der Waals surface area contributed by atoms with Crippen molar-refractivity contribution >= 4 is 5.91 Å². The van der Waals surface area contributed by atoms with Gasteiger partial charge in [0.2, 0.25) is 0 Å². The zero-order valence-corrected chi connectivity index (χ0v) is 11.7. The molecule has 0 aromatic heterocycles. The molecule has 0 radical (unpaired) electrons. The molecule has 0 bridgehead atoms. The van der Waals surface area contributed by atoms with Gasteiger partial charge in [-0.15, -0.1) is 0 Å². The molecule has 2 aliphatic heterocycles. The van der Waals surface area contributed by atoms with Crippen molar-refractivity contribution < 1.29 is 4.79 Å². The summed E-state index contributed by atoms with van der Waals surface area (Å²) in [4.78, 5) is 14.5. The number of nitrogens with one attached hydrogen (secondary N) is 1. The van der Waals surface area contributed by atoms with Crippen molar-refractivity contribution in [3.8, 4) is 0 Å². The molecule has 102 valence electrons. The Morgan fingerprint density at radius 2 is 2.00 bits per heavy atom. The Bertz CT molecular complexity index is 454. The van der Waals surface area contributed by atoms with E-state index in [2.05, 4.69) is 31.3 Å². The van der Waals surface area contributed by atoms with E-state index in [1.807, 2.05) is 17.0 Å². The SMILES string of the molecule is CC(C)c1ccc(C(=O)N2C[C@@H]3CCN[C@@H]3C2)cc1. The Hall–Kier alpha value is -1.35. The molecule has 1 aromatic carbocycles. The number of amides is 1. The van der Waals surface area contributed by atoms with Crippen molar-refractivity contribution in [2.45, 2.75) is 32.2 Å². The lowest BCUT2D eigenvalue weighted by Gasteiger charge is -2.17. The van der Waals surface area contributed by atoms with E-state index >= 15 is 0 Å². The summed E-state index contributed by atoms with van der Waals surface area (Å²) in [7, 11) is 0. The third-order valence-corrected chi connectivity index (χ3v) is 4.47. The predicted molar refractivity (Wildman–Crippen MR) is 76.3 cm³/mol. The molecule has 3 heteroatoms. The second kappa shape index (κ2) is 4.97. The van der Waals surface area contributed by atoms with Gasteiger partial charge >= 0.3 is 0 Å². The smallest absolute Gasteiger partial charge is 0.253 e. The third-order valence-electron chi connectivity index (χ3n) is 4.47. The Kier molecular flexibility index (Phi) is 3.31. The largest absolute Gasteiger partial charge is 0.337 e. The maximum Gasteiger partial charge on any atom is 0.253 e. The van der Waals surface area contributed by atoms with Gasteiger partial charge in [0.05, 0.1) is 0 Å². The van der Waals surface area contributed by atoms with Gasteiger partial charge in [-0.25, -0.2) is 0 Å². The molecule has 19 heavy (non-hydrogen) atoms. The summed E-state index contributed by atoms with van der Waals surface area (Å²) in [5.41, 5.74) is 2.11. The van der Waals surface area contributed by atoms with Crippen LogP contribution in [0.4, 0.5) is 0 Å². The lowest BCUT2D eigenvalue weighted by molar-refractivity contribution is 0.0782. The minimum Gasteiger partial charge on any atom is -0.337 e. The van der Waals surface area contributed by atoms with Crippen LogP contribution >= 0.6 is 0 Å². The minimum absolute atomic E-state index is 0.187. The first-order valence-electron chi connectivity index (χ1n) is 7.28. The first-order valence-corrected chi connectivity index (χ1v) is 7.28. The Morgan fingerprint density at radius 1 is 1.26 bits per heavy atom. The predicted octanol–water partition coefficient (Wildman–Crippen LogP) is 2.24. The number of benzene rings is 1. The van der Waals surface area contributed by atoms with E-state index in [9.17, 15) is 4.79 Å². The van der Waals surface area contributed by atoms with Gasteiger partial charge in [0.1, 0.15) is 0 Å². The topological polar surface area (TPSA) is 32.3 Å². The van der Waals surface area contributed by atoms with Gasteiger partial charge in [0.15, 0.2) is 0 Å². The Balaban J connectivity index is 1.70. The van der Waals surface area contributed by atoms with Crippen LogP contribution in [0.5, 0.6) is 0 Å². The fourth-order valence-corrected chi connectivity index (χ4v) is 3.21. The fraction of sp³-hybridized carbons (Fsp3) is 0.562.